The Hall–Kier alpha value is -0.570. The van der Waals surface area contributed by atoms with E-state index in [4.69, 9.17) is 6.42 Å². The molecule has 0 atom stereocenters. The minimum atomic E-state index is -3.18. The summed E-state index contributed by atoms with van der Waals surface area (Å²) in [5, 5.41) is 2.81. The molecule has 0 spiro atoms. The smallest absolute Gasteiger partial charge is 0.216 e. The van der Waals surface area contributed by atoms with Crippen LogP contribution in [0.3, 0.4) is 0 Å². The van der Waals surface area contributed by atoms with Crippen LogP contribution in [-0.2, 0) is 10.0 Å². The van der Waals surface area contributed by atoms with Crippen LogP contribution in [0.2, 0.25) is 0 Å². The zero-order valence-corrected chi connectivity index (χ0v) is 9.60. The van der Waals surface area contributed by atoms with E-state index >= 15 is 0 Å². The summed E-state index contributed by atoms with van der Waals surface area (Å²) in [6, 6.07) is 0. The zero-order chi connectivity index (χ0) is 11.0. The van der Waals surface area contributed by atoms with E-state index in [1.165, 1.54) is 4.31 Å². The fourth-order valence-corrected chi connectivity index (χ4v) is 2.48. The van der Waals surface area contributed by atoms with Gasteiger partial charge in [-0.15, -0.1) is 6.42 Å². The molecule has 0 aliphatic heterocycles. The van der Waals surface area contributed by atoms with E-state index in [9.17, 15) is 8.42 Å². The van der Waals surface area contributed by atoms with Gasteiger partial charge in [0.1, 0.15) is 0 Å². The predicted octanol–water partition coefficient (Wildman–Crippen LogP) is -0.119. The van der Waals surface area contributed by atoms with Crippen LogP contribution >= 0.6 is 0 Å². The predicted molar refractivity (Wildman–Crippen MR) is 58.4 cm³/mol. The molecule has 14 heavy (non-hydrogen) atoms. The number of nitrogens with zero attached hydrogens (tertiary/aromatic N) is 1. The standard InChI is InChI=1S/C9H18N2O2S/c1-4-7-11(8-5-2)14(12,13)9-6-10-3/h1,10H,5-9H2,2-3H3. The summed E-state index contributed by atoms with van der Waals surface area (Å²) >= 11 is 0. The van der Waals surface area contributed by atoms with E-state index in [-0.39, 0.29) is 12.3 Å². The zero-order valence-electron chi connectivity index (χ0n) is 8.78. The van der Waals surface area contributed by atoms with Gasteiger partial charge in [0.15, 0.2) is 0 Å². The molecule has 0 unspecified atom stereocenters. The topological polar surface area (TPSA) is 49.4 Å². The molecule has 0 aromatic rings. The highest BCUT2D eigenvalue weighted by molar-refractivity contribution is 7.89. The maximum Gasteiger partial charge on any atom is 0.216 e. The Morgan fingerprint density at radius 3 is 2.57 bits per heavy atom. The summed E-state index contributed by atoms with van der Waals surface area (Å²) < 4.78 is 24.7. The van der Waals surface area contributed by atoms with Gasteiger partial charge < -0.3 is 5.32 Å². The van der Waals surface area contributed by atoms with Gasteiger partial charge in [-0.05, 0) is 13.5 Å². The number of hydrogen-bond acceptors (Lipinski definition) is 3. The lowest BCUT2D eigenvalue weighted by molar-refractivity contribution is 0.445. The average molecular weight is 218 g/mol. The maximum absolute atomic E-state index is 11.7. The molecule has 0 aliphatic rings. The van der Waals surface area contributed by atoms with Crippen LogP contribution in [0.5, 0.6) is 0 Å². The number of rotatable bonds is 7. The van der Waals surface area contributed by atoms with Crippen LogP contribution in [0, 0.1) is 12.3 Å². The molecule has 0 aliphatic carbocycles. The third-order valence-electron chi connectivity index (χ3n) is 1.74. The Labute approximate surface area is 86.7 Å². The number of hydrogen-bond donors (Lipinski definition) is 1. The first-order valence-electron chi connectivity index (χ1n) is 4.64. The number of terminal acetylenes is 1. The second-order valence-corrected chi connectivity index (χ2v) is 5.05. The maximum atomic E-state index is 11.7. The van der Waals surface area contributed by atoms with Crippen LogP contribution in [-0.4, -0.2) is 45.2 Å². The summed E-state index contributed by atoms with van der Waals surface area (Å²) in [4.78, 5) is 0. The Balaban J connectivity index is 4.39. The highest BCUT2D eigenvalue weighted by Crippen LogP contribution is 2.01. The fraction of sp³-hybridized carbons (Fsp3) is 0.778. The van der Waals surface area contributed by atoms with Crippen molar-refractivity contribution < 1.29 is 8.42 Å². The van der Waals surface area contributed by atoms with E-state index in [0.29, 0.717) is 13.1 Å². The first-order chi connectivity index (χ1) is 6.58. The van der Waals surface area contributed by atoms with Crippen LogP contribution in [0.1, 0.15) is 13.3 Å². The average Bonchev–Trinajstić information content (AvgIpc) is 2.14. The van der Waals surface area contributed by atoms with Gasteiger partial charge in [0, 0.05) is 13.1 Å². The lowest BCUT2D eigenvalue weighted by atomic mass is 10.5. The minimum absolute atomic E-state index is 0.102. The number of nitrogens with one attached hydrogen (secondary N) is 1. The molecule has 5 heteroatoms. The molecule has 0 aromatic heterocycles. The Kier molecular flexibility index (Phi) is 6.54. The van der Waals surface area contributed by atoms with Gasteiger partial charge in [-0.3, -0.25) is 0 Å². The Morgan fingerprint density at radius 1 is 1.50 bits per heavy atom. The highest BCUT2D eigenvalue weighted by atomic mass is 32.2. The quantitative estimate of drug-likeness (QED) is 0.606. The third kappa shape index (κ3) is 4.61. The van der Waals surface area contributed by atoms with Gasteiger partial charge >= 0.3 is 0 Å². The van der Waals surface area contributed by atoms with Crippen molar-refractivity contribution in [3.63, 3.8) is 0 Å². The van der Waals surface area contributed by atoms with Crippen LogP contribution in [0.4, 0.5) is 0 Å². The summed E-state index contributed by atoms with van der Waals surface area (Å²) in [7, 11) is -1.46. The van der Waals surface area contributed by atoms with Crippen LogP contribution < -0.4 is 5.32 Å². The van der Waals surface area contributed by atoms with Crippen molar-refractivity contribution in [1.29, 1.82) is 0 Å². The molecule has 0 aromatic carbocycles. The summed E-state index contributed by atoms with van der Waals surface area (Å²) in [6.07, 6.45) is 5.89. The second-order valence-electron chi connectivity index (χ2n) is 2.96. The highest BCUT2D eigenvalue weighted by Gasteiger charge is 2.19. The first kappa shape index (κ1) is 13.4. The number of sulfonamides is 1. The molecule has 0 rings (SSSR count). The lowest BCUT2D eigenvalue weighted by Crippen LogP contribution is -2.36. The second kappa shape index (κ2) is 6.82. The molecule has 0 radical (unpaired) electrons. The van der Waals surface area contributed by atoms with Crippen LogP contribution in [0.25, 0.3) is 0 Å². The van der Waals surface area contributed by atoms with Crippen molar-refractivity contribution in [2.75, 3.05) is 32.4 Å². The SMILES string of the molecule is C#CCN(CCC)S(=O)(=O)CCNC. The van der Waals surface area contributed by atoms with Crippen molar-refractivity contribution >= 4 is 10.0 Å². The van der Waals surface area contributed by atoms with Crippen molar-refractivity contribution in [3.05, 3.63) is 0 Å². The van der Waals surface area contributed by atoms with Gasteiger partial charge in [-0.25, -0.2) is 8.42 Å². The van der Waals surface area contributed by atoms with Gasteiger partial charge in [-0.1, -0.05) is 12.8 Å². The van der Waals surface area contributed by atoms with E-state index in [0.717, 1.165) is 6.42 Å². The summed E-state index contributed by atoms with van der Waals surface area (Å²) in [6.45, 7) is 3.04. The fourth-order valence-electron chi connectivity index (χ4n) is 1.03. The van der Waals surface area contributed by atoms with Crippen molar-refractivity contribution in [2.45, 2.75) is 13.3 Å². The summed E-state index contributed by atoms with van der Waals surface area (Å²) in [5.74, 6) is 2.46. The molecule has 1 N–H and O–H groups in total. The monoisotopic (exact) mass is 218 g/mol. The normalized spacial score (nSPS) is 11.6. The third-order valence-corrected chi connectivity index (χ3v) is 3.56. The molecular weight excluding hydrogens is 200 g/mol. The van der Waals surface area contributed by atoms with E-state index in [2.05, 4.69) is 11.2 Å². The van der Waals surface area contributed by atoms with Crippen LogP contribution in [0.15, 0.2) is 0 Å². The van der Waals surface area contributed by atoms with Gasteiger partial charge in [0.05, 0.1) is 12.3 Å². The molecule has 0 saturated carbocycles. The molecule has 4 nitrogen and oxygen atoms in total. The molecule has 0 heterocycles. The summed E-state index contributed by atoms with van der Waals surface area (Å²) in [5.41, 5.74) is 0. The van der Waals surface area contributed by atoms with Gasteiger partial charge in [-0.2, -0.15) is 4.31 Å². The Bertz CT molecular complexity index is 280. The van der Waals surface area contributed by atoms with Gasteiger partial charge in [0.25, 0.3) is 0 Å². The van der Waals surface area contributed by atoms with Gasteiger partial charge in [0.2, 0.25) is 10.0 Å². The van der Waals surface area contributed by atoms with E-state index in [1.54, 1.807) is 7.05 Å². The molecule has 82 valence electrons. The lowest BCUT2D eigenvalue weighted by Gasteiger charge is -2.18. The van der Waals surface area contributed by atoms with Crippen molar-refractivity contribution in [3.8, 4) is 12.3 Å². The van der Waals surface area contributed by atoms with Crippen molar-refractivity contribution in [1.82, 2.24) is 9.62 Å². The van der Waals surface area contributed by atoms with E-state index in [1.807, 2.05) is 6.92 Å². The van der Waals surface area contributed by atoms with Crippen molar-refractivity contribution in [2.24, 2.45) is 0 Å². The molecule has 0 fully saturated rings. The minimum Gasteiger partial charge on any atom is -0.319 e. The largest absolute Gasteiger partial charge is 0.319 e. The Morgan fingerprint density at radius 2 is 2.14 bits per heavy atom. The van der Waals surface area contributed by atoms with E-state index < -0.39 is 10.0 Å². The molecule has 0 saturated heterocycles. The first-order valence-corrected chi connectivity index (χ1v) is 6.25. The molecular formula is C9H18N2O2S. The molecule has 0 amide bonds. The molecule has 0 bridgehead atoms.